The number of esters is 1. The minimum atomic E-state index is -0.811. The summed E-state index contributed by atoms with van der Waals surface area (Å²) >= 11 is 0. The molecule has 1 amide bonds. The summed E-state index contributed by atoms with van der Waals surface area (Å²) in [6.07, 6.45) is 2.72. The molecule has 0 aliphatic carbocycles. The Morgan fingerprint density at radius 2 is 2.00 bits per heavy atom. The Morgan fingerprint density at radius 1 is 1.35 bits per heavy atom. The molecule has 5 nitrogen and oxygen atoms in total. The molecule has 0 bridgehead atoms. The summed E-state index contributed by atoms with van der Waals surface area (Å²) in [5, 5.41) is 9.43. The first kappa shape index (κ1) is 17.0. The second-order valence-electron chi connectivity index (χ2n) is 6.41. The third-order valence-corrected chi connectivity index (χ3v) is 3.76. The third kappa shape index (κ3) is 3.95. The number of likely N-dealkylation sites (tertiary alicyclic amines) is 1. The quantitative estimate of drug-likeness (QED) is 0.629. The van der Waals surface area contributed by atoms with Gasteiger partial charge in [0.1, 0.15) is 5.92 Å². The van der Waals surface area contributed by atoms with Gasteiger partial charge in [-0.2, -0.15) is 0 Å². The van der Waals surface area contributed by atoms with Crippen LogP contribution >= 0.6 is 0 Å². The van der Waals surface area contributed by atoms with Crippen molar-refractivity contribution in [2.24, 2.45) is 11.3 Å². The summed E-state index contributed by atoms with van der Waals surface area (Å²) < 4.78 is 5.06. The van der Waals surface area contributed by atoms with Gasteiger partial charge in [0.25, 0.3) is 0 Å². The maximum Gasteiger partial charge on any atom is 0.319 e. The number of piperidine rings is 1. The van der Waals surface area contributed by atoms with Crippen LogP contribution in [-0.2, 0) is 14.3 Å². The van der Waals surface area contributed by atoms with E-state index in [-0.39, 0.29) is 25.2 Å². The van der Waals surface area contributed by atoms with E-state index in [1.54, 1.807) is 11.8 Å². The van der Waals surface area contributed by atoms with Gasteiger partial charge in [-0.1, -0.05) is 20.8 Å². The highest BCUT2D eigenvalue weighted by Crippen LogP contribution is 2.31. The van der Waals surface area contributed by atoms with Crippen LogP contribution in [0.1, 0.15) is 47.0 Å². The van der Waals surface area contributed by atoms with Crippen molar-refractivity contribution in [2.75, 3.05) is 19.8 Å². The maximum absolute atomic E-state index is 12.7. The fraction of sp³-hybridized carbons (Fsp3) is 0.867. The van der Waals surface area contributed by atoms with Crippen molar-refractivity contribution < 1.29 is 19.4 Å². The molecule has 1 saturated heterocycles. The van der Waals surface area contributed by atoms with E-state index in [1.165, 1.54) is 0 Å². The molecule has 0 radical (unpaired) electrons. The van der Waals surface area contributed by atoms with E-state index in [9.17, 15) is 14.7 Å². The van der Waals surface area contributed by atoms with Gasteiger partial charge in [-0.05, 0) is 31.6 Å². The molecule has 1 rings (SSSR count). The van der Waals surface area contributed by atoms with E-state index in [0.717, 1.165) is 19.3 Å². The lowest BCUT2D eigenvalue weighted by molar-refractivity contribution is -0.162. The molecule has 1 N–H and O–H groups in total. The normalized spacial score (nSPS) is 21.4. The van der Waals surface area contributed by atoms with Crippen molar-refractivity contribution in [1.29, 1.82) is 0 Å². The first-order chi connectivity index (χ1) is 9.32. The highest BCUT2D eigenvalue weighted by atomic mass is 16.5. The highest BCUT2D eigenvalue weighted by Gasteiger charge is 2.43. The summed E-state index contributed by atoms with van der Waals surface area (Å²) in [7, 11) is 0. The van der Waals surface area contributed by atoms with E-state index < -0.39 is 17.3 Å². The molecular formula is C15H27NO4. The Morgan fingerprint density at radius 3 is 2.50 bits per heavy atom. The fourth-order valence-electron chi connectivity index (χ4n) is 2.70. The number of aliphatic hydroxyl groups is 1. The molecule has 2 unspecified atom stereocenters. The zero-order valence-corrected chi connectivity index (χ0v) is 13.0. The number of rotatable bonds is 4. The van der Waals surface area contributed by atoms with E-state index in [1.807, 2.05) is 20.8 Å². The third-order valence-electron chi connectivity index (χ3n) is 3.76. The van der Waals surface area contributed by atoms with E-state index in [4.69, 9.17) is 4.74 Å². The molecule has 20 heavy (non-hydrogen) atoms. The van der Waals surface area contributed by atoms with Crippen LogP contribution in [0.25, 0.3) is 0 Å². The van der Waals surface area contributed by atoms with Gasteiger partial charge < -0.3 is 14.7 Å². The molecule has 0 saturated carbocycles. The highest BCUT2D eigenvalue weighted by molar-refractivity contribution is 5.98. The molecular weight excluding hydrogens is 258 g/mol. The number of ether oxygens (including phenoxy) is 1. The maximum atomic E-state index is 12.7. The predicted octanol–water partition coefficient (Wildman–Crippen LogP) is 1.59. The van der Waals surface area contributed by atoms with Crippen LogP contribution in [0.5, 0.6) is 0 Å². The molecule has 2 atom stereocenters. The Bertz CT molecular complexity index is 348. The number of aliphatic hydroxyl groups excluding tert-OH is 1. The Labute approximate surface area is 121 Å². The lowest BCUT2D eigenvalue weighted by atomic mass is 9.79. The summed E-state index contributed by atoms with van der Waals surface area (Å²) in [6.45, 7) is 8.16. The minimum absolute atomic E-state index is 0.0502. The summed E-state index contributed by atoms with van der Waals surface area (Å²) in [4.78, 5) is 26.5. The number of nitrogens with zero attached hydrogens (tertiary/aromatic N) is 1. The Kier molecular flexibility index (Phi) is 5.99. The van der Waals surface area contributed by atoms with Crippen LogP contribution < -0.4 is 0 Å². The van der Waals surface area contributed by atoms with Crippen molar-refractivity contribution in [1.82, 2.24) is 4.90 Å². The van der Waals surface area contributed by atoms with Gasteiger partial charge in [-0.15, -0.1) is 0 Å². The summed E-state index contributed by atoms with van der Waals surface area (Å²) in [6, 6.07) is -0.171. The number of carbonyl (C=O) groups is 2. The second-order valence-corrected chi connectivity index (χ2v) is 6.41. The lowest BCUT2D eigenvalue weighted by Crippen LogP contribution is -2.52. The van der Waals surface area contributed by atoms with Gasteiger partial charge in [0.05, 0.1) is 19.3 Å². The SMILES string of the molecule is CCOC(=O)C(C(=O)N1CCCCC1CO)C(C)(C)C. The van der Waals surface area contributed by atoms with Gasteiger partial charge in [0.2, 0.25) is 5.91 Å². The van der Waals surface area contributed by atoms with Gasteiger partial charge in [0.15, 0.2) is 0 Å². The zero-order chi connectivity index (χ0) is 15.3. The number of hydrogen-bond donors (Lipinski definition) is 1. The largest absolute Gasteiger partial charge is 0.465 e. The van der Waals surface area contributed by atoms with Crippen molar-refractivity contribution in [3.63, 3.8) is 0 Å². The van der Waals surface area contributed by atoms with Gasteiger partial charge in [0, 0.05) is 6.54 Å². The van der Waals surface area contributed by atoms with E-state index >= 15 is 0 Å². The molecule has 1 aliphatic rings. The van der Waals surface area contributed by atoms with Crippen molar-refractivity contribution in [3.8, 4) is 0 Å². The fourth-order valence-corrected chi connectivity index (χ4v) is 2.70. The van der Waals surface area contributed by atoms with Crippen molar-refractivity contribution in [2.45, 2.75) is 53.0 Å². The molecule has 116 valence electrons. The first-order valence-corrected chi connectivity index (χ1v) is 7.40. The van der Waals surface area contributed by atoms with Crippen LogP contribution in [0.4, 0.5) is 0 Å². The molecule has 1 fully saturated rings. The molecule has 0 spiro atoms. The van der Waals surface area contributed by atoms with E-state index in [2.05, 4.69) is 0 Å². The topological polar surface area (TPSA) is 66.8 Å². The van der Waals surface area contributed by atoms with Crippen LogP contribution in [0.15, 0.2) is 0 Å². The van der Waals surface area contributed by atoms with Crippen LogP contribution in [-0.4, -0.2) is 47.7 Å². The van der Waals surface area contributed by atoms with Crippen molar-refractivity contribution in [3.05, 3.63) is 0 Å². The second kappa shape index (κ2) is 7.07. The standard InChI is InChI=1S/C15H27NO4/c1-5-20-14(19)12(15(2,3)4)13(18)16-9-7-6-8-11(16)10-17/h11-12,17H,5-10H2,1-4H3. The minimum Gasteiger partial charge on any atom is -0.465 e. The lowest BCUT2D eigenvalue weighted by Gasteiger charge is -2.39. The zero-order valence-electron chi connectivity index (χ0n) is 13.0. The molecule has 5 heteroatoms. The summed E-state index contributed by atoms with van der Waals surface area (Å²) in [5.41, 5.74) is -0.499. The average molecular weight is 285 g/mol. The molecule has 0 aromatic carbocycles. The average Bonchev–Trinajstić information content (AvgIpc) is 2.37. The van der Waals surface area contributed by atoms with Gasteiger partial charge in [-0.3, -0.25) is 9.59 Å². The van der Waals surface area contributed by atoms with Crippen LogP contribution in [0.2, 0.25) is 0 Å². The Hall–Kier alpha value is -1.10. The van der Waals surface area contributed by atoms with Gasteiger partial charge >= 0.3 is 5.97 Å². The van der Waals surface area contributed by atoms with Gasteiger partial charge in [-0.25, -0.2) is 0 Å². The molecule has 0 aromatic heterocycles. The molecule has 1 heterocycles. The predicted molar refractivity (Wildman–Crippen MR) is 76.0 cm³/mol. The first-order valence-electron chi connectivity index (χ1n) is 7.40. The monoisotopic (exact) mass is 285 g/mol. The number of amides is 1. The number of carbonyl (C=O) groups excluding carboxylic acids is 2. The molecule has 1 aliphatic heterocycles. The Balaban J connectivity index is 2.94. The molecule has 0 aromatic rings. The van der Waals surface area contributed by atoms with Crippen LogP contribution in [0.3, 0.4) is 0 Å². The summed E-state index contributed by atoms with van der Waals surface area (Å²) in [5.74, 6) is -1.49. The van der Waals surface area contributed by atoms with Crippen molar-refractivity contribution >= 4 is 11.9 Å². The van der Waals surface area contributed by atoms with E-state index in [0.29, 0.717) is 6.54 Å². The number of hydrogen-bond acceptors (Lipinski definition) is 4. The smallest absolute Gasteiger partial charge is 0.319 e. The van der Waals surface area contributed by atoms with Crippen LogP contribution in [0, 0.1) is 11.3 Å².